The van der Waals surface area contributed by atoms with Crippen molar-refractivity contribution in [3.63, 3.8) is 0 Å². The Morgan fingerprint density at radius 1 is 1.30 bits per heavy atom. The Hall–Kier alpha value is -0.970. The molecule has 4 heteroatoms. The second-order valence-corrected chi connectivity index (χ2v) is 5.98. The second-order valence-electron chi connectivity index (χ2n) is 5.98. The molecule has 0 saturated carbocycles. The first-order valence-electron chi connectivity index (χ1n) is 7.31. The van der Waals surface area contributed by atoms with Crippen LogP contribution in [0, 0.1) is 11.7 Å². The fraction of sp³-hybridized carbons (Fsp3) is 0.625. The van der Waals surface area contributed by atoms with E-state index in [0.717, 1.165) is 31.4 Å². The second kappa shape index (κ2) is 5.80. The summed E-state index contributed by atoms with van der Waals surface area (Å²) in [5.74, 6) is -0.00753. The van der Waals surface area contributed by atoms with Crippen LogP contribution in [0.3, 0.4) is 0 Å². The topological polar surface area (TPSA) is 38.7 Å². The van der Waals surface area contributed by atoms with Crippen LogP contribution in [0.1, 0.15) is 24.8 Å². The molecule has 0 bridgehead atoms. The summed E-state index contributed by atoms with van der Waals surface area (Å²) in [5, 5.41) is 10.5. The van der Waals surface area contributed by atoms with E-state index < -0.39 is 6.10 Å². The van der Waals surface area contributed by atoms with Crippen molar-refractivity contribution in [2.45, 2.75) is 37.4 Å². The number of aliphatic hydroxyl groups is 1. The third kappa shape index (κ3) is 3.03. The number of hydrogen-bond acceptors (Lipinski definition) is 3. The standard InChI is InChI=1S/C16H21FO3/c17-14-3-1-12(2-4-14)9-15(18)13-5-7-20-16(10-13)6-8-19-11-16/h1-4,13,15,18H,5-11H2. The van der Waals surface area contributed by atoms with Gasteiger partial charge in [-0.1, -0.05) is 12.1 Å². The van der Waals surface area contributed by atoms with Gasteiger partial charge in [0.25, 0.3) is 0 Å². The molecule has 1 spiro atoms. The van der Waals surface area contributed by atoms with E-state index in [0.29, 0.717) is 19.6 Å². The van der Waals surface area contributed by atoms with Gasteiger partial charge in [0.1, 0.15) is 5.82 Å². The molecule has 110 valence electrons. The normalized spacial score (nSPS) is 31.6. The van der Waals surface area contributed by atoms with Crippen molar-refractivity contribution in [1.82, 2.24) is 0 Å². The molecule has 1 N–H and O–H groups in total. The molecular formula is C16H21FO3. The van der Waals surface area contributed by atoms with Crippen LogP contribution < -0.4 is 0 Å². The summed E-state index contributed by atoms with van der Waals surface area (Å²) in [7, 11) is 0. The first-order valence-corrected chi connectivity index (χ1v) is 7.31. The smallest absolute Gasteiger partial charge is 0.123 e. The van der Waals surface area contributed by atoms with Gasteiger partial charge in [0.2, 0.25) is 0 Å². The lowest BCUT2D eigenvalue weighted by Gasteiger charge is -2.39. The number of hydrogen-bond donors (Lipinski definition) is 1. The predicted molar refractivity (Wildman–Crippen MR) is 73.0 cm³/mol. The maximum atomic E-state index is 12.9. The molecule has 3 rings (SSSR count). The summed E-state index contributed by atoms with van der Waals surface area (Å²) in [6.07, 6.45) is 2.83. The highest BCUT2D eigenvalue weighted by Gasteiger charge is 2.42. The van der Waals surface area contributed by atoms with E-state index in [4.69, 9.17) is 9.47 Å². The summed E-state index contributed by atoms with van der Waals surface area (Å²) >= 11 is 0. The summed E-state index contributed by atoms with van der Waals surface area (Å²) in [4.78, 5) is 0. The van der Waals surface area contributed by atoms with E-state index in [9.17, 15) is 9.50 Å². The molecule has 2 saturated heterocycles. The van der Waals surface area contributed by atoms with Crippen molar-refractivity contribution >= 4 is 0 Å². The Morgan fingerprint density at radius 2 is 2.10 bits per heavy atom. The van der Waals surface area contributed by atoms with Gasteiger partial charge in [-0.3, -0.25) is 0 Å². The molecule has 2 aliphatic heterocycles. The van der Waals surface area contributed by atoms with Crippen molar-refractivity contribution in [1.29, 1.82) is 0 Å². The Bertz CT molecular complexity index is 440. The molecule has 1 aromatic carbocycles. The molecule has 2 heterocycles. The highest BCUT2D eigenvalue weighted by molar-refractivity contribution is 5.17. The van der Waals surface area contributed by atoms with Gasteiger partial charge in [0.05, 0.1) is 18.3 Å². The minimum absolute atomic E-state index is 0.174. The van der Waals surface area contributed by atoms with Crippen molar-refractivity contribution < 1.29 is 19.0 Å². The largest absolute Gasteiger partial charge is 0.392 e. The first kappa shape index (κ1) is 14.0. The van der Waals surface area contributed by atoms with E-state index in [1.807, 2.05) is 0 Å². The molecular weight excluding hydrogens is 259 g/mol. The van der Waals surface area contributed by atoms with Gasteiger partial charge in [-0.05, 0) is 42.9 Å². The zero-order chi connectivity index (χ0) is 14.0. The molecule has 2 fully saturated rings. The minimum atomic E-state index is -0.401. The molecule has 0 radical (unpaired) electrons. The van der Waals surface area contributed by atoms with Crippen LogP contribution in [0.5, 0.6) is 0 Å². The van der Waals surface area contributed by atoms with Gasteiger partial charge < -0.3 is 14.6 Å². The molecule has 3 unspecified atom stereocenters. The number of aliphatic hydroxyl groups excluding tert-OH is 1. The zero-order valence-corrected chi connectivity index (χ0v) is 11.6. The predicted octanol–water partition coefficient (Wildman–Crippen LogP) is 2.31. The van der Waals surface area contributed by atoms with Gasteiger partial charge in [0.15, 0.2) is 0 Å². The van der Waals surface area contributed by atoms with Crippen molar-refractivity contribution in [3.8, 4) is 0 Å². The quantitative estimate of drug-likeness (QED) is 0.923. The average molecular weight is 280 g/mol. The van der Waals surface area contributed by atoms with Crippen LogP contribution in [0.4, 0.5) is 4.39 Å². The number of rotatable bonds is 3. The molecule has 0 amide bonds. The van der Waals surface area contributed by atoms with Gasteiger partial charge in [-0.25, -0.2) is 4.39 Å². The molecule has 3 atom stereocenters. The molecule has 2 aliphatic rings. The number of halogens is 1. The monoisotopic (exact) mass is 280 g/mol. The van der Waals surface area contributed by atoms with E-state index in [1.165, 1.54) is 12.1 Å². The molecule has 0 aromatic heterocycles. The Labute approximate surface area is 118 Å². The zero-order valence-electron chi connectivity index (χ0n) is 11.6. The van der Waals surface area contributed by atoms with E-state index in [1.54, 1.807) is 12.1 Å². The van der Waals surface area contributed by atoms with Crippen molar-refractivity contribution in [2.75, 3.05) is 19.8 Å². The Balaban J connectivity index is 1.61. The van der Waals surface area contributed by atoms with Crippen LogP contribution in [0.15, 0.2) is 24.3 Å². The molecule has 0 aliphatic carbocycles. The molecule has 3 nitrogen and oxygen atoms in total. The lowest BCUT2D eigenvalue weighted by Crippen LogP contribution is -2.44. The van der Waals surface area contributed by atoms with Crippen LogP contribution in [-0.4, -0.2) is 36.6 Å². The maximum absolute atomic E-state index is 12.9. The fourth-order valence-electron chi connectivity index (χ4n) is 3.29. The van der Waals surface area contributed by atoms with Gasteiger partial charge in [-0.2, -0.15) is 0 Å². The maximum Gasteiger partial charge on any atom is 0.123 e. The summed E-state index contributed by atoms with van der Waals surface area (Å²) in [5.41, 5.74) is 0.800. The minimum Gasteiger partial charge on any atom is -0.392 e. The first-order chi connectivity index (χ1) is 9.67. The highest BCUT2D eigenvalue weighted by atomic mass is 19.1. The van der Waals surface area contributed by atoms with Crippen LogP contribution in [-0.2, 0) is 15.9 Å². The fourth-order valence-corrected chi connectivity index (χ4v) is 3.29. The van der Waals surface area contributed by atoms with E-state index in [2.05, 4.69) is 0 Å². The van der Waals surface area contributed by atoms with Gasteiger partial charge >= 0.3 is 0 Å². The van der Waals surface area contributed by atoms with E-state index >= 15 is 0 Å². The van der Waals surface area contributed by atoms with Gasteiger partial charge in [0, 0.05) is 19.6 Å². The lowest BCUT2D eigenvalue weighted by atomic mass is 9.80. The molecule has 20 heavy (non-hydrogen) atoms. The number of ether oxygens (including phenoxy) is 2. The summed E-state index contributed by atoms with van der Waals surface area (Å²) in [6.45, 7) is 2.09. The third-order valence-corrected chi connectivity index (χ3v) is 4.50. The molecule has 1 aromatic rings. The summed E-state index contributed by atoms with van der Waals surface area (Å²) in [6, 6.07) is 6.37. The van der Waals surface area contributed by atoms with Crippen LogP contribution in [0.25, 0.3) is 0 Å². The van der Waals surface area contributed by atoms with Crippen LogP contribution in [0.2, 0.25) is 0 Å². The summed E-state index contributed by atoms with van der Waals surface area (Å²) < 4.78 is 24.2. The van der Waals surface area contributed by atoms with Crippen molar-refractivity contribution in [2.24, 2.45) is 5.92 Å². The lowest BCUT2D eigenvalue weighted by molar-refractivity contribution is -0.116. The van der Waals surface area contributed by atoms with Crippen molar-refractivity contribution in [3.05, 3.63) is 35.6 Å². The Kier molecular flexibility index (Phi) is 4.06. The Morgan fingerprint density at radius 3 is 2.80 bits per heavy atom. The van der Waals surface area contributed by atoms with Crippen LogP contribution >= 0.6 is 0 Å². The van der Waals surface area contributed by atoms with Gasteiger partial charge in [-0.15, -0.1) is 0 Å². The average Bonchev–Trinajstić information content (AvgIpc) is 2.89. The van der Waals surface area contributed by atoms with E-state index in [-0.39, 0.29) is 17.3 Å². The third-order valence-electron chi connectivity index (χ3n) is 4.50. The highest BCUT2D eigenvalue weighted by Crippen LogP contribution is 2.37. The number of benzene rings is 1. The SMILES string of the molecule is OC(Cc1ccc(F)cc1)C1CCOC2(CCOC2)C1.